The lowest BCUT2D eigenvalue weighted by atomic mass is 10.1. The van der Waals surface area contributed by atoms with E-state index in [1.54, 1.807) is 0 Å². The summed E-state index contributed by atoms with van der Waals surface area (Å²) >= 11 is 0. The van der Waals surface area contributed by atoms with Gasteiger partial charge in [0.2, 0.25) is 0 Å². The van der Waals surface area contributed by atoms with E-state index in [0.717, 1.165) is 18.6 Å². The molecule has 100 valence electrons. The Bertz CT molecular complexity index is 220. The summed E-state index contributed by atoms with van der Waals surface area (Å²) < 4.78 is 0. The van der Waals surface area contributed by atoms with Gasteiger partial charge in [-0.05, 0) is 39.7 Å². The molecule has 1 N–H and O–H groups in total. The van der Waals surface area contributed by atoms with E-state index < -0.39 is 0 Å². The molecule has 1 aliphatic heterocycles. The number of hydrogen-bond donors (Lipinski definition) is 1. The van der Waals surface area contributed by atoms with Crippen LogP contribution in [0.4, 0.5) is 0 Å². The second kappa shape index (κ2) is 6.17. The molecule has 0 spiro atoms. The maximum Gasteiger partial charge on any atom is 0.0113 e. The van der Waals surface area contributed by atoms with Crippen molar-refractivity contribution in [3.8, 4) is 0 Å². The highest BCUT2D eigenvalue weighted by atomic mass is 15.3. The first-order valence-corrected chi connectivity index (χ1v) is 7.42. The summed E-state index contributed by atoms with van der Waals surface area (Å²) in [5, 5.41) is 3.52. The molecule has 2 unspecified atom stereocenters. The Kier molecular flexibility index (Phi) is 4.83. The Morgan fingerprint density at radius 2 is 1.76 bits per heavy atom. The average Bonchev–Trinajstić information content (AvgIpc) is 3.13. The summed E-state index contributed by atoms with van der Waals surface area (Å²) in [6.45, 7) is 13.1. The van der Waals surface area contributed by atoms with Crippen LogP contribution in [0.15, 0.2) is 0 Å². The number of piperazine rings is 1. The van der Waals surface area contributed by atoms with Gasteiger partial charge in [-0.2, -0.15) is 0 Å². The van der Waals surface area contributed by atoms with Gasteiger partial charge in [-0.25, -0.2) is 0 Å². The number of nitrogens with zero attached hydrogens (tertiary/aromatic N) is 2. The Labute approximate surface area is 107 Å². The van der Waals surface area contributed by atoms with Crippen LogP contribution in [0.1, 0.15) is 40.0 Å². The topological polar surface area (TPSA) is 18.5 Å². The molecular weight excluding hydrogens is 210 g/mol. The molecular formula is C14H29N3. The van der Waals surface area contributed by atoms with Crippen LogP contribution in [0.5, 0.6) is 0 Å². The normalized spacial score (nSPS) is 27.0. The highest BCUT2D eigenvalue weighted by molar-refractivity contribution is 4.88. The predicted molar refractivity (Wildman–Crippen MR) is 73.4 cm³/mol. The van der Waals surface area contributed by atoms with Gasteiger partial charge in [0.15, 0.2) is 0 Å². The van der Waals surface area contributed by atoms with Crippen LogP contribution in [-0.2, 0) is 0 Å². The molecule has 1 aliphatic carbocycles. The summed E-state index contributed by atoms with van der Waals surface area (Å²) in [4.78, 5) is 5.36. The molecule has 0 bridgehead atoms. The van der Waals surface area contributed by atoms with E-state index in [-0.39, 0.29) is 0 Å². The third kappa shape index (κ3) is 3.94. The van der Waals surface area contributed by atoms with Crippen LogP contribution in [-0.4, -0.2) is 60.6 Å². The SMILES string of the molecule is CCNC(C)CC(C)N1CCN(C2CC2)CC1. The first kappa shape index (κ1) is 13.3. The minimum Gasteiger partial charge on any atom is -0.314 e. The highest BCUT2D eigenvalue weighted by Gasteiger charge is 2.32. The first-order chi connectivity index (χ1) is 8.20. The first-order valence-electron chi connectivity index (χ1n) is 7.42. The second-order valence-electron chi connectivity index (χ2n) is 5.85. The van der Waals surface area contributed by atoms with Gasteiger partial charge < -0.3 is 5.32 Å². The van der Waals surface area contributed by atoms with Crippen LogP contribution in [0.3, 0.4) is 0 Å². The standard InChI is InChI=1S/C14H29N3/c1-4-15-12(2)11-13(3)16-7-9-17(10-8-16)14-5-6-14/h12-15H,4-11H2,1-3H3. The molecule has 2 rings (SSSR count). The lowest BCUT2D eigenvalue weighted by Gasteiger charge is -2.39. The van der Waals surface area contributed by atoms with Gasteiger partial charge >= 0.3 is 0 Å². The fourth-order valence-electron chi connectivity index (χ4n) is 3.08. The lowest BCUT2D eigenvalue weighted by Crippen LogP contribution is -2.51. The zero-order chi connectivity index (χ0) is 12.3. The van der Waals surface area contributed by atoms with E-state index in [2.05, 4.69) is 35.9 Å². The summed E-state index contributed by atoms with van der Waals surface area (Å²) in [6, 6.07) is 2.33. The van der Waals surface area contributed by atoms with E-state index >= 15 is 0 Å². The summed E-state index contributed by atoms with van der Waals surface area (Å²) in [5.74, 6) is 0. The fourth-order valence-corrected chi connectivity index (χ4v) is 3.08. The maximum atomic E-state index is 3.52. The molecule has 1 heterocycles. The van der Waals surface area contributed by atoms with E-state index in [4.69, 9.17) is 0 Å². The molecule has 1 saturated heterocycles. The van der Waals surface area contributed by atoms with Crippen molar-refractivity contribution in [3.05, 3.63) is 0 Å². The van der Waals surface area contributed by atoms with Crippen molar-refractivity contribution in [1.29, 1.82) is 0 Å². The minimum absolute atomic E-state index is 0.650. The van der Waals surface area contributed by atoms with Crippen molar-refractivity contribution in [3.63, 3.8) is 0 Å². The smallest absolute Gasteiger partial charge is 0.0113 e. The minimum atomic E-state index is 0.650. The van der Waals surface area contributed by atoms with E-state index in [1.807, 2.05) is 0 Å². The number of hydrogen-bond acceptors (Lipinski definition) is 3. The third-order valence-electron chi connectivity index (χ3n) is 4.28. The van der Waals surface area contributed by atoms with Crippen molar-refractivity contribution in [2.24, 2.45) is 0 Å². The van der Waals surface area contributed by atoms with Crippen molar-refractivity contribution in [1.82, 2.24) is 15.1 Å². The van der Waals surface area contributed by atoms with Gasteiger partial charge in [-0.15, -0.1) is 0 Å². The molecule has 3 nitrogen and oxygen atoms in total. The van der Waals surface area contributed by atoms with Crippen LogP contribution in [0.2, 0.25) is 0 Å². The lowest BCUT2D eigenvalue weighted by molar-refractivity contribution is 0.0907. The van der Waals surface area contributed by atoms with Gasteiger partial charge in [0, 0.05) is 44.3 Å². The molecule has 0 amide bonds. The Balaban J connectivity index is 1.67. The fraction of sp³-hybridized carbons (Fsp3) is 1.00. The molecule has 0 aromatic heterocycles. The van der Waals surface area contributed by atoms with Gasteiger partial charge in [-0.3, -0.25) is 9.80 Å². The molecule has 0 aromatic carbocycles. The van der Waals surface area contributed by atoms with E-state index in [0.29, 0.717) is 6.04 Å². The van der Waals surface area contributed by atoms with E-state index in [9.17, 15) is 0 Å². The van der Waals surface area contributed by atoms with Crippen molar-refractivity contribution in [2.45, 2.75) is 58.2 Å². The zero-order valence-electron chi connectivity index (χ0n) is 11.8. The van der Waals surface area contributed by atoms with E-state index in [1.165, 1.54) is 45.4 Å². The largest absolute Gasteiger partial charge is 0.314 e. The van der Waals surface area contributed by atoms with Gasteiger partial charge in [0.25, 0.3) is 0 Å². The third-order valence-corrected chi connectivity index (χ3v) is 4.28. The Morgan fingerprint density at radius 1 is 1.12 bits per heavy atom. The Morgan fingerprint density at radius 3 is 2.29 bits per heavy atom. The van der Waals surface area contributed by atoms with Crippen molar-refractivity contribution in [2.75, 3.05) is 32.7 Å². The number of nitrogens with one attached hydrogen (secondary N) is 1. The number of rotatable bonds is 6. The van der Waals surface area contributed by atoms with Crippen LogP contribution in [0.25, 0.3) is 0 Å². The molecule has 2 aliphatic rings. The molecule has 0 aromatic rings. The second-order valence-corrected chi connectivity index (χ2v) is 5.85. The summed E-state index contributed by atoms with van der Waals surface area (Å²) in [6.07, 6.45) is 4.18. The molecule has 2 fully saturated rings. The highest BCUT2D eigenvalue weighted by Crippen LogP contribution is 2.27. The molecule has 17 heavy (non-hydrogen) atoms. The van der Waals surface area contributed by atoms with Gasteiger partial charge in [0.1, 0.15) is 0 Å². The Hall–Kier alpha value is -0.120. The average molecular weight is 239 g/mol. The zero-order valence-corrected chi connectivity index (χ0v) is 11.8. The maximum absolute atomic E-state index is 3.52. The molecule has 3 heteroatoms. The molecule has 2 atom stereocenters. The van der Waals surface area contributed by atoms with Crippen LogP contribution in [0, 0.1) is 0 Å². The van der Waals surface area contributed by atoms with Gasteiger partial charge in [0.05, 0.1) is 0 Å². The molecule has 0 radical (unpaired) electrons. The van der Waals surface area contributed by atoms with Crippen molar-refractivity contribution >= 4 is 0 Å². The van der Waals surface area contributed by atoms with Crippen LogP contribution < -0.4 is 5.32 Å². The van der Waals surface area contributed by atoms with Crippen LogP contribution >= 0.6 is 0 Å². The summed E-state index contributed by atoms with van der Waals surface area (Å²) in [5.41, 5.74) is 0. The van der Waals surface area contributed by atoms with Crippen molar-refractivity contribution < 1.29 is 0 Å². The predicted octanol–water partition coefficient (Wildman–Crippen LogP) is 1.54. The summed E-state index contributed by atoms with van der Waals surface area (Å²) in [7, 11) is 0. The molecule has 1 saturated carbocycles. The quantitative estimate of drug-likeness (QED) is 0.758. The monoisotopic (exact) mass is 239 g/mol. The van der Waals surface area contributed by atoms with Gasteiger partial charge in [-0.1, -0.05) is 6.92 Å².